The van der Waals surface area contributed by atoms with E-state index in [1.807, 2.05) is 38.1 Å². The van der Waals surface area contributed by atoms with Crippen LogP contribution in [-0.4, -0.2) is 35.5 Å². The Balaban J connectivity index is 1.84. The molecule has 0 fully saturated rings. The molecular formula is C16H20BrN5O. The topological polar surface area (TPSA) is 78.9 Å². The normalized spacial score (nSPS) is 10.2. The fraction of sp³-hybridized carbons (Fsp3) is 0.312. The second-order valence-electron chi connectivity index (χ2n) is 4.88. The molecule has 6 nitrogen and oxygen atoms in total. The lowest BCUT2D eigenvalue weighted by atomic mass is 10.2. The Morgan fingerprint density at radius 1 is 1.13 bits per heavy atom. The molecule has 2 rings (SSSR count). The van der Waals surface area contributed by atoms with Gasteiger partial charge in [0.1, 0.15) is 17.5 Å². The fourth-order valence-corrected chi connectivity index (χ4v) is 2.50. The van der Waals surface area contributed by atoms with Crippen LogP contribution in [0.4, 0.5) is 11.6 Å². The van der Waals surface area contributed by atoms with Crippen molar-refractivity contribution in [2.75, 3.05) is 30.3 Å². The second-order valence-corrected chi connectivity index (χ2v) is 5.73. The number of benzene rings is 1. The average molecular weight is 378 g/mol. The third-order valence-corrected chi connectivity index (χ3v) is 3.72. The number of aryl methyl sites for hydroxylation is 1. The van der Waals surface area contributed by atoms with Crippen molar-refractivity contribution in [1.82, 2.24) is 15.3 Å². The van der Waals surface area contributed by atoms with Crippen molar-refractivity contribution in [3.8, 4) is 0 Å². The van der Waals surface area contributed by atoms with Crippen molar-refractivity contribution in [2.45, 2.75) is 13.8 Å². The van der Waals surface area contributed by atoms with Crippen molar-refractivity contribution < 1.29 is 4.79 Å². The minimum atomic E-state index is -0.105. The zero-order valence-corrected chi connectivity index (χ0v) is 14.8. The van der Waals surface area contributed by atoms with Gasteiger partial charge in [0.25, 0.3) is 5.91 Å². The largest absolute Gasteiger partial charge is 0.370 e. The van der Waals surface area contributed by atoms with Gasteiger partial charge >= 0.3 is 0 Å². The Bertz CT molecular complexity index is 677. The van der Waals surface area contributed by atoms with E-state index < -0.39 is 0 Å². The lowest BCUT2D eigenvalue weighted by Crippen LogP contribution is -2.29. The molecule has 1 aromatic carbocycles. The van der Waals surface area contributed by atoms with E-state index in [2.05, 4.69) is 41.8 Å². The van der Waals surface area contributed by atoms with Gasteiger partial charge in [-0.05, 0) is 41.9 Å². The first-order valence-electron chi connectivity index (χ1n) is 7.46. The van der Waals surface area contributed by atoms with E-state index in [4.69, 9.17) is 0 Å². The molecule has 1 amide bonds. The van der Waals surface area contributed by atoms with Crippen LogP contribution in [0.1, 0.15) is 23.1 Å². The Morgan fingerprint density at radius 2 is 1.83 bits per heavy atom. The summed E-state index contributed by atoms with van der Waals surface area (Å²) >= 11 is 3.37. The number of carbonyl (C=O) groups is 1. The van der Waals surface area contributed by atoms with E-state index in [0.29, 0.717) is 24.5 Å². The second kappa shape index (κ2) is 8.47. The smallest absolute Gasteiger partial charge is 0.252 e. The van der Waals surface area contributed by atoms with E-state index >= 15 is 0 Å². The molecule has 0 radical (unpaired) electrons. The third kappa shape index (κ3) is 5.21. The summed E-state index contributed by atoms with van der Waals surface area (Å²) in [7, 11) is 0. The van der Waals surface area contributed by atoms with Gasteiger partial charge in [-0.15, -0.1) is 0 Å². The molecule has 0 saturated heterocycles. The standard InChI is InChI=1S/C16H20BrN5O/c1-3-18-14-10-15(22-11(2)21-14)19-8-9-20-16(23)12-6-4-5-7-13(12)17/h4-7,10H,3,8-9H2,1-2H3,(H,20,23)(H2,18,19,21,22). The van der Waals surface area contributed by atoms with Gasteiger partial charge in [0, 0.05) is 30.2 Å². The highest BCUT2D eigenvalue weighted by atomic mass is 79.9. The van der Waals surface area contributed by atoms with Crippen LogP contribution in [0, 0.1) is 6.92 Å². The molecule has 0 saturated carbocycles. The molecule has 7 heteroatoms. The molecule has 0 spiro atoms. The lowest BCUT2D eigenvalue weighted by Gasteiger charge is -2.10. The van der Waals surface area contributed by atoms with Crippen LogP contribution in [0.3, 0.4) is 0 Å². The van der Waals surface area contributed by atoms with E-state index in [0.717, 1.165) is 22.7 Å². The number of aromatic nitrogens is 2. The van der Waals surface area contributed by atoms with Crippen LogP contribution in [0.5, 0.6) is 0 Å². The zero-order chi connectivity index (χ0) is 16.7. The van der Waals surface area contributed by atoms with E-state index in [9.17, 15) is 4.79 Å². The summed E-state index contributed by atoms with van der Waals surface area (Å²) in [5.74, 6) is 2.12. The van der Waals surface area contributed by atoms with Gasteiger partial charge in [0.2, 0.25) is 0 Å². The first-order chi connectivity index (χ1) is 11.1. The number of carbonyl (C=O) groups excluding carboxylic acids is 1. The average Bonchev–Trinajstić information content (AvgIpc) is 2.51. The molecule has 0 aliphatic carbocycles. The predicted octanol–water partition coefficient (Wildman–Crippen LogP) is 2.82. The number of hydrogen-bond donors (Lipinski definition) is 3. The molecule has 0 bridgehead atoms. The number of rotatable bonds is 7. The third-order valence-electron chi connectivity index (χ3n) is 3.03. The van der Waals surface area contributed by atoms with Crippen LogP contribution in [0.25, 0.3) is 0 Å². The summed E-state index contributed by atoms with van der Waals surface area (Å²) in [6.07, 6.45) is 0. The summed E-state index contributed by atoms with van der Waals surface area (Å²) in [5, 5.41) is 9.22. The minimum Gasteiger partial charge on any atom is -0.370 e. The van der Waals surface area contributed by atoms with Gasteiger partial charge in [-0.3, -0.25) is 4.79 Å². The first kappa shape index (κ1) is 17.2. The van der Waals surface area contributed by atoms with Crippen molar-refractivity contribution in [2.24, 2.45) is 0 Å². The SMILES string of the molecule is CCNc1cc(NCCNC(=O)c2ccccc2Br)nc(C)n1. The maximum Gasteiger partial charge on any atom is 0.252 e. The summed E-state index contributed by atoms with van der Waals surface area (Å²) in [6.45, 7) is 5.75. The molecule has 122 valence electrons. The quantitative estimate of drug-likeness (QED) is 0.646. The molecule has 0 aliphatic rings. The number of anilines is 2. The molecule has 2 aromatic rings. The number of amides is 1. The maximum absolute atomic E-state index is 12.1. The predicted molar refractivity (Wildman–Crippen MR) is 95.9 cm³/mol. The highest BCUT2D eigenvalue weighted by molar-refractivity contribution is 9.10. The Hall–Kier alpha value is -2.15. The van der Waals surface area contributed by atoms with Gasteiger partial charge in [-0.25, -0.2) is 9.97 Å². The lowest BCUT2D eigenvalue weighted by molar-refractivity contribution is 0.0954. The van der Waals surface area contributed by atoms with Crippen LogP contribution in [0.15, 0.2) is 34.8 Å². The molecule has 1 heterocycles. The highest BCUT2D eigenvalue weighted by Gasteiger charge is 2.08. The van der Waals surface area contributed by atoms with Crippen LogP contribution in [0.2, 0.25) is 0 Å². The number of hydrogen-bond acceptors (Lipinski definition) is 5. The van der Waals surface area contributed by atoms with E-state index in [1.54, 1.807) is 6.07 Å². The summed E-state index contributed by atoms with van der Waals surface area (Å²) < 4.78 is 0.784. The molecule has 23 heavy (non-hydrogen) atoms. The molecule has 1 aromatic heterocycles. The Morgan fingerprint density at radius 3 is 2.52 bits per heavy atom. The van der Waals surface area contributed by atoms with Gasteiger partial charge in [-0.1, -0.05) is 12.1 Å². The van der Waals surface area contributed by atoms with Crippen molar-refractivity contribution in [3.05, 3.63) is 46.2 Å². The van der Waals surface area contributed by atoms with Crippen LogP contribution in [-0.2, 0) is 0 Å². The van der Waals surface area contributed by atoms with Gasteiger partial charge < -0.3 is 16.0 Å². The molecule has 0 atom stereocenters. The van der Waals surface area contributed by atoms with Crippen LogP contribution >= 0.6 is 15.9 Å². The zero-order valence-electron chi connectivity index (χ0n) is 13.2. The number of nitrogens with one attached hydrogen (secondary N) is 3. The fourth-order valence-electron chi connectivity index (χ4n) is 2.04. The minimum absolute atomic E-state index is 0.105. The summed E-state index contributed by atoms with van der Waals surface area (Å²) in [4.78, 5) is 20.7. The summed E-state index contributed by atoms with van der Waals surface area (Å²) in [6, 6.07) is 9.19. The van der Waals surface area contributed by atoms with E-state index in [-0.39, 0.29) is 5.91 Å². The van der Waals surface area contributed by atoms with Gasteiger partial charge in [0.05, 0.1) is 5.56 Å². The molecule has 0 unspecified atom stereocenters. The van der Waals surface area contributed by atoms with Crippen molar-refractivity contribution >= 4 is 33.5 Å². The van der Waals surface area contributed by atoms with E-state index in [1.165, 1.54) is 0 Å². The Labute approximate surface area is 144 Å². The van der Waals surface area contributed by atoms with Crippen LogP contribution < -0.4 is 16.0 Å². The first-order valence-corrected chi connectivity index (χ1v) is 8.25. The van der Waals surface area contributed by atoms with Gasteiger partial charge in [0.15, 0.2) is 0 Å². The Kier molecular flexibility index (Phi) is 6.34. The highest BCUT2D eigenvalue weighted by Crippen LogP contribution is 2.15. The molecule has 3 N–H and O–H groups in total. The molecular weight excluding hydrogens is 358 g/mol. The number of nitrogens with zero attached hydrogens (tertiary/aromatic N) is 2. The van der Waals surface area contributed by atoms with Gasteiger partial charge in [-0.2, -0.15) is 0 Å². The molecule has 0 aliphatic heterocycles. The maximum atomic E-state index is 12.1. The monoisotopic (exact) mass is 377 g/mol. The number of halogens is 1. The van der Waals surface area contributed by atoms with Crippen molar-refractivity contribution in [1.29, 1.82) is 0 Å². The van der Waals surface area contributed by atoms with Crippen molar-refractivity contribution in [3.63, 3.8) is 0 Å². The summed E-state index contributed by atoms with van der Waals surface area (Å²) in [5.41, 5.74) is 0.625.